The highest BCUT2D eigenvalue weighted by Gasteiger charge is 2.22. The minimum atomic E-state index is 0.0156. The average Bonchev–Trinajstić information content (AvgIpc) is 2.87. The molecule has 0 unspecified atom stereocenters. The summed E-state index contributed by atoms with van der Waals surface area (Å²) in [6, 6.07) is 15.9. The predicted octanol–water partition coefficient (Wildman–Crippen LogP) is 6.41. The van der Waals surface area contributed by atoms with Crippen molar-refractivity contribution in [1.29, 1.82) is 0 Å². The number of rotatable bonds is 2. The number of fused-ring (bicyclic) bond motifs is 4. The third-order valence-corrected chi connectivity index (χ3v) is 6.34. The Kier molecular flexibility index (Phi) is 4.47. The van der Waals surface area contributed by atoms with Gasteiger partial charge >= 0.3 is 0 Å². The summed E-state index contributed by atoms with van der Waals surface area (Å²) in [4.78, 5) is 29.8. The van der Waals surface area contributed by atoms with Crippen molar-refractivity contribution in [2.45, 2.75) is 46.0 Å². The van der Waals surface area contributed by atoms with E-state index >= 15 is 0 Å². The first kappa shape index (κ1) is 19.6. The van der Waals surface area contributed by atoms with Crippen LogP contribution in [0.4, 0.5) is 11.4 Å². The van der Waals surface area contributed by atoms with Crippen LogP contribution in [0.3, 0.4) is 0 Å². The van der Waals surface area contributed by atoms with Crippen LogP contribution in [0.25, 0.3) is 21.8 Å². The zero-order chi connectivity index (χ0) is 21.9. The van der Waals surface area contributed by atoms with Gasteiger partial charge in [0.15, 0.2) is 11.2 Å². The van der Waals surface area contributed by atoms with Gasteiger partial charge in [0.25, 0.3) is 0 Å². The average molecular weight is 411 g/mol. The van der Waals surface area contributed by atoms with Crippen LogP contribution in [0.1, 0.15) is 66.6 Å². The first-order valence-corrected chi connectivity index (χ1v) is 10.9. The Morgan fingerprint density at radius 1 is 0.742 bits per heavy atom. The molecule has 31 heavy (non-hydrogen) atoms. The van der Waals surface area contributed by atoms with Gasteiger partial charge in [-0.3, -0.25) is 9.59 Å². The molecule has 0 spiro atoms. The summed E-state index contributed by atoms with van der Waals surface area (Å²) >= 11 is 0. The maximum Gasteiger partial charge on any atom is 0.197 e. The van der Waals surface area contributed by atoms with E-state index in [-0.39, 0.29) is 11.2 Å². The summed E-state index contributed by atoms with van der Waals surface area (Å²) < 4.78 is 0. The minimum Gasteiger partial charge on any atom is -0.355 e. The number of nitrogens with one attached hydrogen (secondary N) is 2. The number of anilines is 2. The van der Waals surface area contributed by atoms with Gasteiger partial charge < -0.3 is 10.3 Å². The summed E-state index contributed by atoms with van der Waals surface area (Å²) in [7, 11) is 0. The number of carbonyl (C=O) groups excluding carboxylic acids is 1. The van der Waals surface area contributed by atoms with E-state index in [1.54, 1.807) is 0 Å². The number of hydrogen-bond acceptors (Lipinski definition) is 3. The molecule has 4 aromatic rings. The first-order valence-electron chi connectivity index (χ1n) is 10.9. The van der Waals surface area contributed by atoms with Gasteiger partial charge in [0.05, 0.1) is 5.52 Å². The van der Waals surface area contributed by atoms with Crippen molar-refractivity contribution in [3.05, 3.63) is 81.0 Å². The third kappa shape index (κ3) is 3.23. The van der Waals surface area contributed by atoms with Gasteiger partial charge in [-0.25, -0.2) is 0 Å². The van der Waals surface area contributed by atoms with E-state index in [1.807, 2.05) is 36.4 Å². The molecular formula is C27H26N2O2. The van der Waals surface area contributed by atoms with Crippen LogP contribution in [0.5, 0.6) is 0 Å². The van der Waals surface area contributed by atoms with Gasteiger partial charge in [-0.05, 0) is 64.9 Å². The molecule has 0 saturated heterocycles. The number of ketones is 1. The van der Waals surface area contributed by atoms with Crippen LogP contribution in [-0.4, -0.2) is 10.8 Å². The van der Waals surface area contributed by atoms with Crippen molar-refractivity contribution in [2.24, 2.45) is 0 Å². The molecule has 156 valence electrons. The fourth-order valence-corrected chi connectivity index (χ4v) is 4.38. The van der Waals surface area contributed by atoms with Crippen molar-refractivity contribution < 1.29 is 4.79 Å². The van der Waals surface area contributed by atoms with Gasteiger partial charge in [0, 0.05) is 39.6 Å². The quantitative estimate of drug-likeness (QED) is 0.375. The van der Waals surface area contributed by atoms with E-state index in [0.29, 0.717) is 34.6 Å². The smallest absolute Gasteiger partial charge is 0.197 e. The fourth-order valence-electron chi connectivity index (χ4n) is 4.38. The van der Waals surface area contributed by atoms with Crippen molar-refractivity contribution in [3.63, 3.8) is 0 Å². The SMILES string of the molecule is CC(C)c1ccc2c(c1)C(=O)Cc1cc3[nH]c4ccc(C(C)C)cc4c(=O)c3cc1N2. The summed E-state index contributed by atoms with van der Waals surface area (Å²) in [5.41, 5.74) is 7.11. The molecule has 0 radical (unpaired) electrons. The van der Waals surface area contributed by atoms with Crippen LogP contribution in [0.15, 0.2) is 53.3 Å². The number of Topliss-reactive ketones (excluding diaryl/α,β-unsaturated/α-hetero) is 1. The number of H-pyrrole nitrogens is 1. The number of carbonyl (C=O) groups is 1. The molecule has 0 amide bonds. The van der Waals surface area contributed by atoms with E-state index in [2.05, 4.69) is 50.1 Å². The lowest BCUT2D eigenvalue weighted by Crippen LogP contribution is -2.07. The van der Waals surface area contributed by atoms with E-state index in [9.17, 15) is 9.59 Å². The Morgan fingerprint density at radius 3 is 2.16 bits per heavy atom. The third-order valence-electron chi connectivity index (χ3n) is 6.34. The molecule has 1 aromatic heterocycles. The minimum absolute atomic E-state index is 0.0156. The summed E-state index contributed by atoms with van der Waals surface area (Å²) in [6.07, 6.45) is 0.305. The molecule has 2 heterocycles. The molecular weight excluding hydrogens is 384 g/mol. The largest absolute Gasteiger partial charge is 0.355 e. The van der Waals surface area contributed by atoms with Crippen LogP contribution in [0.2, 0.25) is 0 Å². The number of benzene rings is 3. The number of aromatic nitrogens is 1. The van der Waals surface area contributed by atoms with E-state index in [1.165, 1.54) is 0 Å². The van der Waals surface area contributed by atoms with Gasteiger partial charge in [-0.15, -0.1) is 0 Å². The predicted molar refractivity (Wildman–Crippen MR) is 128 cm³/mol. The van der Waals surface area contributed by atoms with Crippen LogP contribution in [-0.2, 0) is 6.42 Å². The van der Waals surface area contributed by atoms with Crippen LogP contribution < -0.4 is 10.7 Å². The summed E-state index contributed by atoms with van der Waals surface area (Å²) in [5, 5.41) is 4.76. The van der Waals surface area contributed by atoms with Gasteiger partial charge in [0.2, 0.25) is 0 Å². The molecule has 0 saturated carbocycles. The van der Waals surface area contributed by atoms with Gasteiger partial charge in [-0.1, -0.05) is 39.8 Å². The molecule has 5 rings (SSSR count). The monoisotopic (exact) mass is 410 g/mol. The van der Waals surface area contributed by atoms with Crippen LogP contribution in [0, 0.1) is 0 Å². The van der Waals surface area contributed by atoms with Crippen molar-refractivity contribution >= 4 is 39.0 Å². The molecule has 4 heteroatoms. The van der Waals surface area contributed by atoms with Gasteiger partial charge in [-0.2, -0.15) is 0 Å². The highest BCUT2D eigenvalue weighted by atomic mass is 16.1. The second-order valence-corrected chi connectivity index (χ2v) is 9.15. The summed E-state index contributed by atoms with van der Waals surface area (Å²) in [5.74, 6) is 0.798. The Bertz CT molecular complexity index is 1430. The normalized spacial score (nSPS) is 13.4. The second kappa shape index (κ2) is 7.09. The number of pyridine rings is 1. The van der Waals surface area contributed by atoms with Gasteiger partial charge in [0.1, 0.15) is 0 Å². The highest BCUT2D eigenvalue weighted by molar-refractivity contribution is 6.06. The molecule has 0 atom stereocenters. The second-order valence-electron chi connectivity index (χ2n) is 9.15. The van der Waals surface area contributed by atoms with Crippen molar-refractivity contribution in [3.8, 4) is 0 Å². The maximum atomic E-state index is 13.3. The number of hydrogen-bond donors (Lipinski definition) is 2. The Morgan fingerprint density at radius 2 is 1.42 bits per heavy atom. The van der Waals surface area contributed by atoms with Crippen LogP contribution >= 0.6 is 0 Å². The lowest BCUT2D eigenvalue weighted by molar-refractivity contribution is 0.0994. The zero-order valence-corrected chi connectivity index (χ0v) is 18.3. The fraction of sp³-hybridized carbons (Fsp3) is 0.259. The molecule has 2 N–H and O–H groups in total. The molecule has 0 bridgehead atoms. The van der Waals surface area contributed by atoms with E-state index in [0.717, 1.165) is 39.1 Å². The molecule has 1 aliphatic rings. The van der Waals surface area contributed by atoms with Crippen molar-refractivity contribution in [2.75, 3.05) is 5.32 Å². The molecule has 1 aliphatic heterocycles. The zero-order valence-electron chi connectivity index (χ0n) is 18.3. The Balaban J connectivity index is 1.70. The molecule has 4 nitrogen and oxygen atoms in total. The Labute approximate surface area is 181 Å². The topological polar surface area (TPSA) is 62.0 Å². The standard InChI is InChI=1S/C27H26N2O2/c1-14(2)16-5-7-22-19(9-16)26(30)12-18-11-25-21(13-24(18)28-22)27(31)20-10-17(15(3)4)6-8-23(20)29-25/h5-11,13-15,28H,12H2,1-4H3,(H,29,31). The summed E-state index contributed by atoms with van der Waals surface area (Å²) in [6.45, 7) is 8.50. The Hall–Kier alpha value is -3.40. The van der Waals surface area contributed by atoms with E-state index in [4.69, 9.17) is 0 Å². The molecule has 0 aliphatic carbocycles. The maximum absolute atomic E-state index is 13.3. The molecule has 0 fully saturated rings. The first-order chi connectivity index (χ1) is 14.8. The van der Waals surface area contributed by atoms with E-state index < -0.39 is 0 Å². The lowest BCUT2D eigenvalue weighted by Gasteiger charge is -2.13. The highest BCUT2D eigenvalue weighted by Crippen LogP contribution is 2.34. The van der Waals surface area contributed by atoms with Crippen molar-refractivity contribution in [1.82, 2.24) is 4.98 Å². The lowest BCUT2D eigenvalue weighted by atomic mass is 9.96. The number of aromatic amines is 1. The molecule has 3 aromatic carbocycles.